The standard InChI is InChI=1S/C25H20N2O2/c1-29-24-14-10-18(16-17(24)9-11-19-6-4-5-15-26-19)25(28)27-22-12-13-23(27)21-8-3-2-7-20(21)22/h2-8,10,14-16,22-23H,12-13H2,1H3. The third-order valence-electron chi connectivity index (χ3n) is 5.77. The van der Waals surface area contributed by atoms with E-state index >= 15 is 0 Å². The van der Waals surface area contributed by atoms with Gasteiger partial charge in [-0.2, -0.15) is 0 Å². The molecule has 2 unspecified atom stereocenters. The van der Waals surface area contributed by atoms with E-state index in [2.05, 4.69) is 41.1 Å². The first-order valence-electron chi connectivity index (χ1n) is 9.79. The van der Waals surface area contributed by atoms with Gasteiger partial charge in [0.25, 0.3) is 5.91 Å². The minimum absolute atomic E-state index is 0.0530. The summed E-state index contributed by atoms with van der Waals surface area (Å²) >= 11 is 0. The zero-order valence-corrected chi connectivity index (χ0v) is 16.1. The molecule has 3 heterocycles. The first kappa shape index (κ1) is 17.5. The molecule has 1 amide bonds. The van der Waals surface area contributed by atoms with Crippen molar-refractivity contribution in [3.63, 3.8) is 0 Å². The van der Waals surface area contributed by atoms with Crippen molar-refractivity contribution in [1.29, 1.82) is 0 Å². The lowest BCUT2D eigenvalue weighted by Gasteiger charge is -2.23. The Morgan fingerprint density at radius 3 is 2.38 bits per heavy atom. The highest BCUT2D eigenvalue weighted by atomic mass is 16.5. The largest absolute Gasteiger partial charge is 0.495 e. The zero-order chi connectivity index (χ0) is 19.8. The van der Waals surface area contributed by atoms with Gasteiger partial charge in [-0.3, -0.25) is 4.79 Å². The number of aromatic nitrogens is 1. The number of methoxy groups -OCH3 is 1. The van der Waals surface area contributed by atoms with Crippen LogP contribution in [0.15, 0.2) is 66.9 Å². The van der Waals surface area contributed by atoms with Crippen LogP contribution >= 0.6 is 0 Å². The Hall–Kier alpha value is -3.58. The Balaban J connectivity index is 1.48. The predicted molar refractivity (Wildman–Crippen MR) is 111 cm³/mol. The van der Waals surface area contributed by atoms with Gasteiger partial charge in [-0.1, -0.05) is 36.3 Å². The number of nitrogens with zero attached hydrogens (tertiary/aromatic N) is 2. The number of pyridine rings is 1. The molecular formula is C25H20N2O2. The summed E-state index contributed by atoms with van der Waals surface area (Å²) < 4.78 is 5.45. The molecule has 2 aliphatic heterocycles. The summed E-state index contributed by atoms with van der Waals surface area (Å²) in [5.41, 5.74) is 4.59. The van der Waals surface area contributed by atoms with Crippen LogP contribution in [0.3, 0.4) is 0 Å². The molecule has 0 spiro atoms. The maximum absolute atomic E-state index is 13.4. The highest BCUT2D eigenvalue weighted by molar-refractivity contribution is 5.96. The van der Waals surface area contributed by atoms with E-state index in [4.69, 9.17) is 4.74 Å². The second-order valence-corrected chi connectivity index (χ2v) is 7.33. The van der Waals surface area contributed by atoms with Gasteiger partial charge < -0.3 is 9.64 Å². The quantitative estimate of drug-likeness (QED) is 0.614. The molecule has 0 radical (unpaired) electrons. The number of carbonyl (C=O) groups excluding carboxylic acids is 1. The molecule has 2 aromatic carbocycles. The van der Waals surface area contributed by atoms with Gasteiger partial charge >= 0.3 is 0 Å². The first-order valence-corrected chi connectivity index (χ1v) is 9.79. The summed E-state index contributed by atoms with van der Waals surface area (Å²) in [6, 6.07) is 19.9. The van der Waals surface area contributed by atoms with Gasteiger partial charge in [-0.05, 0) is 60.2 Å². The van der Waals surface area contributed by atoms with Gasteiger partial charge in [-0.15, -0.1) is 0 Å². The van der Waals surface area contributed by atoms with Crippen LogP contribution in [0.5, 0.6) is 5.75 Å². The molecule has 1 saturated heterocycles. The Morgan fingerprint density at radius 1 is 1.00 bits per heavy atom. The van der Waals surface area contributed by atoms with Crippen LogP contribution in [0, 0.1) is 11.8 Å². The Labute approximate surface area is 170 Å². The summed E-state index contributed by atoms with van der Waals surface area (Å²) in [5, 5.41) is 0. The summed E-state index contributed by atoms with van der Waals surface area (Å²) in [4.78, 5) is 19.7. The van der Waals surface area contributed by atoms with Gasteiger partial charge in [0.2, 0.25) is 0 Å². The molecule has 0 N–H and O–H groups in total. The number of carbonyl (C=O) groups is 1. The molecule has 1 aromatic heterocycles. The number of fused-ring (bicyclic) bond motifs is 5. The lowest BCUT2D eigenvalue weighted by Crippen LogP contribution is -2.28. The molecule has 0 saturated carbocycles. The zero-order valence-electron chi connectivity index (χ0n) is 16.1. The maximum atomic E-state index is 13.4. The molecule has 3 aromatic rings. The lowest BCUT2D eigenvalue weighted by molar-refractivity contribution is 0.0697. The van der Waals surface area contributed by atoms with Gasteiger partial charge in [0.1, 0.15) is 11.4 Å². The van der Waals surface area contributed by atoms with Crippen molar-refractivity contribution < 1.29 is 9.53 Å². The number of rotatable bonds is 2. The molecule has 0 aliphatic carbocycles. The summed E-state index contributed by atoms with van der Waals surface area (Å²) in [6.07, 6.45) is 3.76. The number of hydrogen-bond donors (Lipinski definition) is 0. The number of hydrogen-bond acceptors (Lipinski definition) is 3. The molecule has 2 bridgehead atoms. The SMILES string of the molecule is COc1ccc(C(=O)N2C3CCC2c2ccccc23)cc1C#Cc1ccccn1. The fourth-order valence-corrected chi connectivity index (χ4v) is 4.48. The fourth-order valence-electron chi connectivity index (χ4n) is 4.48. The van der Waals surface area contributed by atoms with E-state index in [1.807, 2.05) is 41.3 Å². The van der Waals surface area contributed by atoms with E-state index < -0.39 is 0 Å². The highest BCUT2D eigenvalue weighted by Crippen LogP contribution is 2.53. The van der Waals surface area contributed by atoms with E-state index in [1.165, 1.54) is 11.1 Å². The van der Waals surface area contributed by atoms with Gasteiger partial charge in [0, 0.05) is 11.8 Å². The van der Waals surface area contributed by atoms with Gasteiger partial charge in [0.15, 0.2) is 0 Å². The monoisotopic (exact) mass is 380 g/mol. The normalized spacial score (nSPS) is 18.7. The average Bonchev–Trinajstić information content (AvgIpc) is 3.35. The van der Waals surface area contributed by atoms with Crippen molar-refractivity contribution in [3.8, 4) is 17.6 Å². The van der Waals surface area contributed by atoms with E-state index in [-0.39, 0.29) is 18.0 Å². The van der Waals surface area contributed by atoms with E-state index in [0.717, 1.165) is 12.8 Å². The second kappa shape index (κ2) is 7.10. The van der Waals surface area contributed by atoms with Crippen molar-refractivity contribution in [2.45, 2.75) is 24.9 Å². The fraction of sp³-hybridized carbons (Fsp3) is 0.200. The predicted octanol–water partition coefficient (Wildman–Crippen LogP) is 4.52. The van der Waals surface area contributed by atoms with Crippen LogP contribution in [0.4, 0.5) is 0 Å². The van der Waals surface area contributed by atoms with E-state index in [0.29, 0.717) is 22.6 Å². The van der Waals surface area contributed by atoms with Crippen LogP contribution in [0.2, 0.25) is 0 Å². The van der Waals surface area contributed by atoms with Crippen LogP contribution in [-0.4, -0.2) is 22.9 Å². The molecule has 2 atom stereocenters. The third-order valence-corrected chi connectivity index (χ3v) is 5.77. The molecule has 1 fully saturated rings. The molecule has 29 heavy (non-hydrogen) atoms. The second-order valence-electron chi connectivity index (χ2n) is 7.33. The number of amides is 1. The van der Waals surface area contributed by atoms with Crippen molar-refractivity contribution in [3.05, 3.63) is 94.8 Å². The maximum Gasteiger partial charge on any atom is 0.254 e. The number of benzene rings is 2. The minimum atomic E-state index is 0.0530. The van der Waals surface area contributed by atoms with E-state index in [9.17, 15) is 4.79 Å². The lowest BCUT2D eigenvalue weighted by atomic mass is 9.92. The van der Waals surface area contributed by atoms with Gasteiger partial charge in [0.05, 0.1) is 24.8 Å². The molecule has 2 aliphatic rings. The number of ether oxygens (including phenoxy) is 1. The Bertz CT molecular complexity index is 1110. The van der Waals surface area contributed by atoms with Crippen molar-refractivity contribution in [2.24, 2.45) is 0 Å². The van der Waals surface area contributed by atoms with Crippen LogP contribution in [-0.2, 0) is 0 Å². The molecule has 4 heteroatoms. The summed E-state index contributed by atoms with van der Waals surface area (Å²) in [5.74, 6) is 6.87. The summed E-state index contributed by atoms with van der Waals surface area (Å²) in [6.45, 7) is 0. The van der Waals surface area contributed by atoms with Crippen LogP contribution in [0.25, 0.3) is 0 Å². The highest BCUT2D eigenvalue weighted by Gasteiger charge is 2.46. The van der Waals surface area contributed by atoms with Crippen molar-refractivity contribution in [1.82, 2.24) is 9.88 Å². The summed E-state index contributed by atoms with van der Waals surface area (Å²) in [7, 11) is 1.61. The van der Waals surface area contributed by atoms with Crippen LogP contribution in [0.1, 0.15) is 57.7 Å². The molecule has 4 nitrogen and oxygen atoms in total. The van der Waals surface area contributed by atoms with Gasteiger partial charge in [-0.25, -0.2) is 4.98 Å². The molecular weight excluding hydrogens is 360 g/mol. The van der Waals surface area contributed by atoms with Crippen LogP contribution < -0.4 is 4.74 Å². The first-order chi connectivity index (χ1) is 14.3. The van der Waals surface area contributed by atoms with Crippen molar-refractivity contribution in [2.75, 3.05) is 7.11 Å². The topological polar surface area (TPSA) is 42.4 Å². The minimum Gasteiger partial charge on any atom is -0.495 e. The Kier molecular flexibility index (Phi) is 4.29. The van der Waals surface area contributed by atoms with Crippen molar-refractivity contribution >= 4 is 5.91 Å². The average molecular weight is 380 g/mol. The van der Waals surface area contributed by atoms with E-state index in [1.54, 1.807) is 13.3 Å². The Morgan fingerprint density at radius 2 is 1.72 bits per heavy atom. The molecule has 5 rings (SSSR count). The third kappa shape index (κ3) is 2.96. The molecule has 142 valence electrons. The smallest absolute Gasteiger partial charge is 0.254 e.